The fourth-order valence-corrected chi connectivity index (χ4v) is 3.11. The quantitative estimate of drug-likeness (QED) is 0.932. The van der Waals surface area contributed by atoms with E-state index in [1.54, 1.807) is 14.2 Å². The van der Waals surface area contributed by atoms with Crippen molar-refractivity contribution >= 4 is 0 Å². The van der Waals surface area contributed by atoms with Crippen LogP contribution in [0.3, 0.4) is 0 Å². The van der Waals surface area contributed by atoms with Gasteiger partial charge in [-0.2, -0.15) is 0 Å². The minimum Gasteiger partial charge on any atom is -0.496 e. The summed E-state index contributed by atoms with van der Waals surface area (Å²) in [6, 6.07) is 13.6. The van der Waals surface area contributed by atoms with Crippen LogP contribution in [0.5, 0.6) is 11.5 Å². The lowest BCUT2D eigenvalue weighted by Crippen LogP contribution is -2.25. The highest BCUT2D eigenvalue weighted by Gasteiger charge is 2.42. The highest BCUT2D eigenvalue weighted by atomic mass is 16.5. The summed E-state index contributed by atoms with van der Waals surface area (Å²) >= 11 is 0. The maximum atomic E-state index is 11.3. The van der Waals surface area contributed by atoms with Crippen molar-refractivity contribution in [3.05, 3.63) is 59.2 Å². The second kappa shape index (κ2) is 4.84. The molecule has 20 heavy (non-hydrogen) atoms. The van der Waals surface area contributed by atoms with Gasteiger partial charge >= 0.3 is 0 Å². The lowest BCUT2D eigenvalue weighted by Gasteiger charge is -2.28. The monoisotopic (exact) mass is 270 g/mol. The first-order valence-corrected chi connectivity index (χ1v) is 6.73. The van der Waals surface area contributed by atoms with E-state index in [0.29, 0.717) is 17.9 Å². The minimum atomic E-state index is -1.05. The van der Waals surface area contributed by atoms with Gasteiger partial charge in [-0.1, -0.05) is 30.3 Å². The number of rotatable bonds is 3. The molecular weight excluding hydrogens is 252 g/mol. The Kier molecular flexibility index (Phi) is 3.14. The summed E-state index contributed by atoms with van der Waals surface area (Å²) in [6.45, 7) is 0. The van der Waals surface area contributed by atoms with E-state index in [9.17, 15) is 5.11 Å². The number of methoxy groups -OCH3 is 2. The number of hydrogen-bond acceptors (Lipinski definition) is 3. The Morgan fingerprint density at radius 1 is 0.950 bits per heavy atom. The molecule has 3 heteroatoms. The van der Waals surface area contributed by atoms with Gasteiger partial charge in [0.05, 0.1) is 19.8 Å². The average molecular weight is 270 g/mol. The highest BCUT2D eigenvalue weighted by Crippen LogP contribution is 2.48. The molecule has 0 fully saturated rings. The molecule has 0 aromatic heterocycles. The Hall–Kier alpha value is -2.00. The van der Waals surface area contributed by atoms with Crippen LogP contribution in [-0.4, -0.2) is 19.3 Å². The van der Waals surface area contributed by atoms with Gasteiger partial charge in [0, 0.05) is 0 Å². The number of aliphatic hydroxyl groups is 1. The molecule has 0 amide bonds. The van der Waals surface area contributed by atoms with Crippen LogP contribution in [0.25, 0.3) is 0 Å². The third kappa shape index (κ3) is 1.78. The maximum Gasteiger partial charge on any atom is 0.129 e. The molecular formula is C17H18O3. The molecule has 3 rings (SSSR count). The molecule has 1 N–H and O–H groups in total. The lowest BCUT2D eigenvalue weighted by molar-refractivity contribution is 0.0769. The van der Waals surface area contributed by atoms with Crippen molar-refractivity contribution in [1.82, 2.24) is 0 Å². The van der Waals surface area contributed by atoms with Crippen molar-refractivity contribution in [3.63, 3.8) is 0 Å². The van der Waals surface area contributed by atoms with E-state index in [0.717, 1.165) is 17.5 Å². The molecule has 2 aromatic rings. The second-order valence-corrected chi connectivity index (χ2v) is 5.05. The van der Waals surface area contributed by atoms with E-state index in [1.807, 2.05) is 36.4 Å². The van der Waals surface area contributed by atoms with Gasteiger partial charge in [-0.15, -0.1) is 0 Å². The summed E-state index contributed by atoms with van der Waals surface area (Å²) in [5.41, 5.74) is 1.80. The normalized spacial score (nSPS) is 20.6. The fraction of sp³-hybridized carbons (Fsp3) is 0.294. The predicted molar refractivity (Wildman–Crippen MR) is 77.3 cm³/mol. The molecule has 0 heterocycles. The first-order chi connectivity index (χ1) is 9.70. The number of aryl methyl sites for hydroxylation is 1. The first kappa shape index (κ1) is 13.0. The Morgan fingerprint density at radius 2 is 1.60 bits per heavy atom. The summed E-state index contributed by atoms with van der Waals surface area (Å²) in [6.07, 6.45) is 1.50. The summed E-state index contributed by atoms with van der Waals surface area (Å²) in [5.74, 6) is 1.31. The van der Waals surface area contributed by atoms with Crippen molar-refractivity contribution in [2.24, 2.45) is 0 Å². The molecule has 0 radical (unpaired) electrons. The zero-order chi connectivity index (χ0) is 14.2. The Morgan fingerprint density at radius 3 is 2.25 bits per heavy atom. The smallest absolute Gasteiger partial charge is 0.129 e. The van der Waals surface area contributed by atoms with E-state index in [4.69, 9.17) is 9.47 Å². The number of fused-ring (bicyclic) bond motifs is 1. The Labute approximate surface area is 118 Å². The molecule has 1 aliphatic rings. The molecule has 0 aliphatic heterocycles. The zero-order valence-electron chi connectivity index (χ0n) is 11.7. The second-order valence-electron chi connectivity index (χ2n) is 5.05. The molecule has 0 saturated carbocycles. The van der Waals surface area contributed by atoms with Crippen molar-refractivity contribution in [2.75, 3.05) is 14.2 Å². The topological polar surface area (TPSA) is 38.7 Å². The van der Waals surface area contributed by atoms with Gasteiger partial charge in [0.25, 0.3) is 0 Å². The summed E-state index contributed by atoms with van der Waals surface area (Å²) in [4.78, 5) is 0. The van der Waals surface area contributed by atoms with Crippen LogP contribution in [0, 0.1) is 0 Å². The number of benzene rings is 2. The third-order valence-electron chi connectivity index (χ3n) is 4.06. The first-order valence-electron chi connectivity index (χ1n) is 6.73. The fourth-order valence-electron chi connectivity index (χ4n) is 3.11. The van der Waals surface area contributed by atoms with Gasteiger partial charge in [-0.3, -0.25) is 0 Å². The van der Waals surface area contributed by atoms with Crippen molar-refractivity contribution in [2.45, 2.75) is 18.4 Å². The Bertz CT molecular complexity index is 614. The van der Waals surface area contributed by atoms with Crippen molar-refractivity contribution in [3.8, 4) is 11.5 Å². The molecule has 0 bridgehead atoms. The SMILES string of the molecule is COc1cccc(OC)c1C1(O)CCc2ccccc21. The standard InChI is InChI=1S/C17H18O3/c1-19-14-8-5-9-15(20-2)16(14)17(18)11-10-12-6-3-4-7-13(12)17/h3-9,18H,10-11H2,1-2H3. The van der Waals surface area contributed by atoms with Crippen molar-refractivity contribution < 1.29 is 14.6 Å². The highest BCUT2D eigenvalue weighted by molar-refractivity contribution is 5.56. The molecule has 3 nitrogen and oxygen atoms in total. The zero-order valence-corrected chi connectivity index (χ0v) is 11.7. The Balaban J connectivity index is 2.24. The molecule has 1 atom stereocenters. The molecule has 1 aliphatic carbocycles. The minimum absolute atomic E-state index is 0.642. The molecule has 0 saturated heterocycles. The lowest BCUT2D eigenvalue weighted by atomic mass is 9.86. The van der Waals surface area contributed by atoms with E-state index < -0.39 is 5.60 Å². The van der Waals surface area contributed by atoms with Crippen LogP contribution < -0.4 is 9.47 Å². The largest absolute Gasteiger partial charge is 0.496 e. The number of hydrogen-bond donors (Lipinski definition) is 1. The molecule has 2 aromatic carbocycles. The van der Waals surface area contributed by atoms with E-state index >= 15 is 0 Å². The van der Waals surface area contributed by atoms with E-state index in [2.05, 4.69) is 6.07 Å². The van der Waals surface area contributed by atoms with Gasteiger partial charge in [0.2, 0.25) is 0 Å². The van der Waals surface area contributed by atoms with E-state index in [-0.39, 0.29) is 0 Å². The van der Waals surface area contributed by atoms with E-state index in [1.165, 1.54) is 5.56 Å². The van der Waals surface area contributed by atoms with Gasteiger partial charge in [-0.25, -0.2) is 0 Å². The van der Waals surface area contributed by atoms with Crippen LogP contribution in [0.4, 0.5) is 0 Å². The average Bonchev–Trinajstić information content (AvgIpc) is 2.85. The van der Waals surface area contributed by atoms with Crippen LogP contribution >= 0.6 is 0 Å². The van der Waals surface area contributed by atoms with Crippen LogP contribution in [0.2, 0.25) is 0 Å². The molecule has 104 valence electrons. The van der Waals surface area contributed by atoms with Gasteiger partial charge in [0.1, 0.15) is 17.1 Å². The third-order valence-corrected chi connectivity index (χ3v) is 4.06. The molecule has 1 unspecified atom stereocenters. The summed E-state index contributed by atoms with van der Waals surface area (Å²) in [7, 11) is 3.23. The van der Waals surface area contributed by atoms with Crippen molar-refractivity contribution in [1.29, 1.82) is 0 Å². The molecule has 0 spiro atoms. The van der Waals surface area contributed by atoms with Gasteiger partial charge < -0.3 is 14.6 Å². The van der Waals surface area contributed by atoms with Gasteiger partial charge in [-0.05, 0) is 36.1 Å². The predicted octanol–water partition coefficient (Wildman–Crippen LogP) is 2.89. The van der Waals surface area contributed by atoms with Gasteiger partial charge in [0.15, 0.2) is 0 Å². The van der Waals surface area contributed by atoms with Crippen LogP contribution in [-0.2, 0) is 12.0 Å². The summed E-state index contributed by atoms with van der Waals surface area (Å²) < 4.78 is 10.9. The summed E-state index contributed by atoms with van der Waals surface area (Å²) in [5, 5.41) is 11.3. The maximum absolute atomic E-state index is 11.3. The van der Waals surface area contributed by atoms with Crippen LogP contribution in [0.15, 0.2) is 42.5 Å². The number of ether oxygens (including phenoxy) is 2. The van der Waals surface area contributed by atoms with Crippen LogP contribution in [0.1, 0.15) is 23.1 Å².